The van der Waals surface area contributed by atoms with E-state index in [0.717, 1.165) is 34.0 Å². The van der Waals surface area contributed by atoms with Gasteiger partial charge in [0.1, 0.15) is 11.9 Å². The third-order valence-electron chi connectivity index (χ3n) is 5.14. The van der Waals surface area contributed by atoms with E-state index in [4.69, 9.17) is 9.47 Å². The van der Waals surface area contributed by atoms with Crippen molar-refractivity contribution in [2.45, 2.75) is 39.6 Å². The molecule has 3 aromatic rings. The molecule has 0 saturated carbocycles. The van der Waals surface area contributed by atoms with Gasteiger partial charge < -0.3 is 19.4 Å². The van der Waals surface area contributed by atoms with Gasteiger partial charge in [-0.3, -0.25) is 9.89 Å². The van der Waals surface area contributed by atoms with Crippen LogP contribution in [0, 0.1) is 13.8 Å². The van der Waals surface area contributed by atoms with Crippen molar-refractivity contribution in [2.24, 2.45) is 0 Å². The first-order valence-electron chi connectivity index (χ1n) is 9.15. The number of aryl methyl sites for hydroxylation is 2. The summed E-state index contributed by atoms with van der Waals surface area (Å²) in [5.74, 6) is 0.602. The van der Waals surface area contributed by atoms with Crippen LogP contribution >= 0.6 is 0 Å². The summed E-state index contributed by atoms with van der Waals surface area (Å²) < 4.78 is 13.2. The maximum atomic E-state index is 12.6. The topological polar surface area (TPSA) is 94.1 Å². The van der Waals surface area contributed by atoms with Gasteiger partial charge in [-0.1, -0.05) is 12.1 Å². The van der Waals surface area contributed by atoms with Crippen LogP contribution in [0.2, 0.25) is 0 Å². The molecule has 4 rings (SSSR count). The van der Waals surface area contributed by atoms with Crippen LogP contribution in [0.5, 0.6) is 5.75 Å². The van der Waals surface area contributed by atoms with Gasteiger partial charge in [0.05, 0.1) is 38.0 Å². The lowest BCUT2D eigenvalue weighted by Crippen LogP contribution is -2.27. The molecule has 0 unspecified atom stereocenters. The van der Waals surface area contributed by atoms with Crippen molar-refractivity contribution >= 4 is 5.91 Å². The fraction of sp³-hybridized carbons (Fsp3) is 0.350. The Morgan fingerprint density at radius 3 is 2.82 bits per heavy atom. The monoisotopic (exact) mass is 381 g/mol. The first-order valence-corrected chi connectivity index (χ1v) is 9.15. The lowest BCUT2D eigenvalue weighted by molar-refractivity contribution is 0.00255. The Morgan fingerprint density at radius 1 is 1.36 bits per heavy atom. The van der Waals surface area contributed by atoms with E-state index in [0.29, 0.717) is 25.4 Å². The van der Waals surface area contributed by atoms with Gasteiger partial charge in [0.2, 0.25) is 0 Å². The summed E-state index contributed by atoms with van der Waals surface area (Å²) >= 11 is 0. The minimum Gasteiger partial charge on any atom is -0.497 e. The Morgan fingerprint density at radius 2 is 2.14 bits per heavy atom. The van der Waals surface area contributed by atoms with Crippen LogP contribution in [0.4, 0.5) is 0 Å². The van der Waals surface area contributed by atoms with E-state index in [1.54, 1.807) is 13.4 Å². The molecule has 8 heteroatoms. The first-order chi connectivity index (χ1) is 13.6. The SMILES string of the molecule is COc1ccc([C@@H]2Cn3cnc(C(=O)NCc4c(C)n[nH]c4C)c3CO2)cc1. The Labute approximate surface area is 162 Å². The highest BCUT2D eigenvalue weighted by molar-refractivity contribution is 5.93. The molecule has 1 aliphatic rings. The number of rotatable bonds is 5. The van der Waals surface area contributed by atoms with Crippen LogP contribution < -0.4 is 10.1 Å². The summed E-state index contributed by atoms with van der Waals surface area (Å²) in [4.78, 5) is 17.0. The Kier molecular flexibility index (Phi) is 4.87. The predicted molar refractivity (Wildman–Crippen MR) is 102 cm³/mol. The largest absolute Gasteiger partial charge is 0.497 e. The van der Waals surface area contributed by atoms with E-state index in [1.165, 1.54) is 0 Å². The molecule has 0 aliphatic carbocycles. The minimum atomic E-state index is -0.208. The molecule has 1 amide bonds. The number of nitrogens with zero attached hydrogens (tertiary/aromatic N) is 3. The summed E-state index contributed by atoms with van der Waals surface area (Å²) in [6.07, 6.45) is 1.62. The highest BCUT2D eigenvalue weighted by Crippen LogP contribution is 2.28. The molecule has 0 saturated heterocycles. The van der Waals surface area contributed by atoms with Crippen molar-refractivity contribution in [1.29, 1.82) is 0 Å². The number of aromatic nitrogens is 4. The predicted octanol–water partition coefficient (Wildman–Crippen LogP) is 2.43. The quantitative estimate of drug-likeness (QED) is 0.708. The van der Waals surface area contributed by atoms with Crippen LogP contribution in [0.25, 0.3) is 0 Å². The maximum absolute atomic E-state index is 12.6. The van der Waals surface area contributed by atoms with Crippen LogP contribution in [0.15, 0.2) is 30.6 Å². The van der Waals surface area contributed by atoms with Crippen LogP contribution in [-0.2, 0) is 24.4 Å². The number of hydrogen-bond acceptors (Lipinski definition) is 5. The molecule has 3 heterocycles. The number of fused-ring (bicyclic) bond motifs is 1. The molecule has 28 heavy (non-hydrogen) atoms. The van der Waals surface area contributed by atoms with Gasteiger partial charge >= 0.3 is 0 Å². The maximum Gasteiger partial charge on any atom is 0.272 e. The number of H-pyrrole nitrogens is 1. The van der Waals surface area contributed by atoms with E-state index >= 15 is 0 Å². The molecular weight excluding hydrogens is 358 g/mol. The van der Waals surface area contributed by atoms with Crippen LogP contribution in [0.1, 0.15) is 44.8 Å². The second kappa shape index (κ2) is 7.47. The number of carbonyl (C=O) groups is 1. The minimum absolute atomic E-state index is 0.0836. The van der Waals surface area contributed by atoms with Crippen molar-refractivity contribution < 1.29 is 14.3 Å². The highest BCUT2D eigenvalue weighted by Gasteiger charge is 2.26. The van der Waals surface area contributed by atoms with Gasteiger partial charge in [0.25, 0.3) is 5.91 Å². The molecule has 2 aromatic heterocycles. The number of carbonyl (C=O) groups excluding carboxylic acids is 1. The Bertz CT molecular complexity index is 970. The molecule has 0 fully saturated rings. The molecular formula is C20H23N5O3. The number of hydrogen-bond donors (Lipinski definition) is 2. The second-order valence-electron chi connectivity index (χ2n) is 6.86. The fourth-order valence-electron chi connectivity index (χ4n) is 3.42. The average Bonchev–Trinajstić information content (AvgIpc) is 3.29. The van der Waals surface area contributed by atoms with Gasteiger partial charge in [-0.05, 0) is 31.5 Å². The lowest BCUT2D eigenvalue weighted by atomic mass is 10.1. The number of aromatic amines is 1. The third-order valence-corrected chi connectivity index (χ3v) is 5.14. The zero-order valence-electron chi connectivity index (χ0n) is 16.2. The average molecular weight is 381 g/mol. The fourth-order valence-corrected chi connectivity index (χ4v) is 3.42. The normalized spacial score (nSPS) is 15.9. The summed E-state index contributed by atoms with van der Waals surface area (Å²) in [6.45, 7) is 5.21. The van der Waals surface area contributed by atoms with Gasteiger partial charge in [-0.25, -0.2) is 4.98 Å². The number of nitrogens with one attached hydrogen (secondary N) is 2. The number of methoxy groups -OCH3 is 1. The molecule has 146 valence electrons. The highest BCUT2D eigenvalue weighted by atomic mass is 16.5. The smallest absolute Gasteiger partial charge is 0.272 e. The first kappa shape index (κ1) is 18.2. The molecule has 0 spiro atoms. The van der Waals surface area contributed by atoms with Crippen molar-refractivity contribution in [1.82, 2.24) is 25.1 Å². The van der Waals surface area contributed by atoms with Crippen molar-refractivity contribution in [3.05, 3.63) is 64.5 Å². The molecule has 8 nitrogen and oxygen atoms in total. The summed E-state index contributed by atoms with van der Waals surface area (Å²) in [5.41, 5.74) is 5.11. The van der Waals surface area contributed by atoms with Crippen molar-refractivity contribution in [2.75, 3.05) is 7.11 Å². The molecule has 0 bridgehead atoms. The number of amides is 1. The second-order valence-corrected chi connectivity index (χ2v) is 6.86. The molecule has 1 atom stereocenters. The van der Waals surface area contributed by atoms with E-state index in [1.807, 2.05) is 42.7 Å². The van der Waals surface area contributed by atoms with Gasteiger partial charge in [-0.2, -0.15) is 5.10 Å². The summed E-state index contributed by atoms with van der Waals surface area (Å²) in [5, 5.41) is 10.0. The van der Waals surface area contributed by atoms with Crippen LogP contribution in [0.3, 0.4) is 0 Å². The van der Waals surface area contributed by atoms with Gasteiger partial charge in [-0.15, -0.1) is 0 Å². The van der Waals surface area contributed by atoms with E-state index < -0.39 is 0 Å². The van der Waals surface area contributed by atoms with Gasteiger partial charge in [0.15, 0.2) is 5.69 Å². The van der Waals surface area contributed by atoms with Crippen molar-refractivity contribution in [3.8, 4) is 5.75 Å². The Balaban J connectivity index is 1.45. The zero-order valence-corrected chi connectivity index (χ0v) is 16.2. The third kappa shape index (κ3) is 3.38. The molecule has 1 aromatic carbocycles. The van der Waals surface area contributed by atoms with Crippen molar-refractivity contribution in [3.63, 3.8) is 0 Å². The lowest BCUT2D eigenvalue weighted by Gasteiger charge is -2.25. The standard InChI is InChI=1S/C20H23N5O3/c1-12-16(13(2)24-23-12)8-21-20(26)19-17-10-28-18(9-25(17)11-22-19)14-4-6-15(27-3)7-5-14/h4-7,11,18H,8-10H2,1-3H3,(H,21,26)(H,23,24)/t18-/m0/s1. The number of benzene rings is 1. The number of ether oxygens (including phenoxy) is 2. The van der Waals surface area contributed by atoms with Gasteiger partial charge in [0, 0.05) is 17.8 Å². The molecule has 2 N–H and O–H groups in total. The molecule has 0 radical (unpaired) electrons. The van der Waals surface area contributed by atoms with E-state index in [9.17, 15) is 4.79 Å². The zero-order chi connectivity index (χ0) is 19.7. The van der Waals surface area contributed by atoms with E-state index in [-0.39, 0.29) is 12.0 Å². The molecule has 1 aliphatic heterocycles. The number of imidazole rings is 1. The Hall–Kier alpha value is -3.13. The van der Waals surface area contributed by atoms with Crippen LogP contribution in [-0.4, -0.2) is 32.8 Å². The summed E-state index contributed by atoms with van der Waals surface area (Å²) in [6, 6.07) is 7.82. The summed E-state index contributed by atoms with van der Waals surface area (Å²) in [7, 11) is 1.64. The van der Waals surface area contributed by atoms with E-state index in [2.05, 4.69) is 20.5 Å².